The van der Waals surface area contributed by atoms with Gasteiger partial charge in [-0.05, 0) is 36.2 Å². The van der Waals surface area contributed by atoms with Gasteiger partial charge in [0.1, 0.15) is 0 Å². The van der Waals surface area contributed by atoms with E-state index in [2.05, 4.69) is 39.6 Å². The molecule has 1 N–H and O–H groups in total. The van der Waals surface area contributed by atoms with Crippen LogP contribution in [0.25, 0.3) is 0 Å². The Morgan fingerprint density at radius 3 is 2.70 bits per heavy atom. The van der Waals surface area contributed by atoms with Crippen LogP contribution in [0.5, 0.6) is 0 Å². The van der Waals surface area contributed by atoms with Crippen LogP contribution in [0.2, 0.25) is 0 Å². The second-order valence-electron chi connectivity index (χ2n) is 6.68. The van der Waals surface area contributed by atoms with Crippen LogP contribution in [0.1, 0.15) is 18.2 Å². The molecule has 2 aliphatic rings. The summed E-state index contributed by atoms with van der Waals surface area (Å²) in [6.07, 6.45) is 2.56. The second kappa shape index (κ2) is 6.56. The van der Waals surface area contributed by atoms with Crippen molar-refractivity contribution in [3.63, 3.8) is 0 Å². The van der Waals surface area contributed by atoms with E-state index in [9.17, 15) is 0 Å². The van der Waals surface area contributed by atoms with Gasteiger partial charge in [-0.1, -0.05) is 13.0 Å². The van der Waals surface area contributed by atoms with Crippen molar-refractivity contribution in [3.05, 3.63) is 22.4 Å². The highest BCUT2D eigenvalue weighted by atomic mass is 32.1. The van der Waals surface area contributed by atoms with Gasteiger partial charge < -0.3 is 15.1 Å². The zero-order valence-electron chi connectivity index (χ0n) is 12.6. The first-order chi connectivity index (χ1) is 9.73. The Balaban J connectivity index is 1.38. The third-order valence-corrected chi connectivity index (χ3v) is 5.72. The maximum Gasteiger partial charge on any atom is 0.0110 e. The molecule has 112 valence electrons. The highest BCUT2D eigenvalue weighted by Crippen LogP contribution is 2.26. The molecule has 1 aromatic rings. The Kier molecular flexibility index (Phi) is 4.76. The molecule has 2 fully saturated rings. The van der Waals surface area contributed by atoms with Gasteiger partial charge in [0, 0.05) is 50.7 Å². The van der Waals surface area contributed by atoms with Crippen LogP contribution < -0.4 is 5.32 Å². The molecular formula is C16H27N3S. The van der Waals surface area contributed by atoms with Crippen molar-refractivity contribution in [2.75, 3.05) is 52.4 Å². The zero-order valence-corrected chi connectivity index (χ0v) is 13.4. The smallest absolute Gasteiger partial charge is 0.0110 e. The van der Waals surface area contributed by atoms with Gasteiger partial charge in [0.25, 0.3) is 0 Å². The summed E-state index contributed by atoms with van der Waals surface area (Å²) < 4.78 is 0. The molecule has 0 spiro atoms. The molecule has 1 atom stereocenters. The molecule has 0 aliphatic carbocycles. The molecule has 2 aliphatic heterocycles. The summed E-state index contributed by atoms with van der Waals surface area (Å²) in [5.74, 6) is 0. The highest BCUT2D eigenvalue weighted by Gasteiger charge is 2.31. The summed E-state index contributed by atoms with van der Waals surface area (Å²) in [7, 11) is 0. The molecule has 0 saturated carbocycles. The Labute approximate surface area is 127 Å². The fourth-order valence-electron chi connectivity index (χ4n) is 3.44. The predicted octanol–water partition coefficient (Wildman–Crippen LogP) is 1.91. The minimum absolute atomic E-state index is 0.513. The third kappa shape index (κ3) is 3.82. The van der Waals surface area contributed by atoms with Gasteiger partial charge in [0.05, 0.1) is 0 Å². The van der Waals surface area contributed by atoms with Crippen molar-refractivity contribution >= 4 is 11.3 Å². The molecule has 1 aromatic heterocycles. The first-order valence-corrected chi connectivity index (χ1v) is 8.79. The number of nitrogens with zero attached hydrogens (tertiary/aromatic N) is 2. The van der Waals surface area contributed by atoms with E-state index in [4.69, 9.17) is 0 Å². The molecule has 3 rings (SSSR count). The fraction of sp³-hybridized carbons (Fsp3) is 0.750. The molecule has 0 bridgehead atoms. The fourth-order valence-corrected chi connectivity index (χ4v) is 4.14. The maximum absolute atomic E-state index is 3.51. The molecule has 4 heteroatoms. The lowest BCUT2D eigenvalue weighted by Gasteiger charge is -2.38. The highest BCUT2D eigenvalue weighted by molar-refractivity contribution is 7.09. The van der Waals surface area contributed by atoms with Gasteiger partial charge in [-0.25, -0.2) is 0 Å². The maximum atomic E-state index is 3.51. The van der Waals surface area contributed by atoms with Crippen molar-refractivity contribution in [2.24, 2.45) is 5.41 Å². The lowest BCUT2D eigenvalue weighted by molar-refractivity contribution is 0.0979. The summed E-state index contributed by atoms with van der Waals surface area (Å²) in [6, 6.07) is 4.42. The number of hydrogen-bond acceptors (Lipinski definition) is 4. The Bertz CT molecular complexity index is 390. The van der Waals surface area contributed by atoms with Crippen LogP contribution in [0, 0.1) is 5.41 Å². The van der Waals surface area contributed by atoms with E-state index in [0.717, 1.165) is 0 Å². The lowest BCUT2D eigenvalue weighted by atomic mass is 9.89. The first kappa shape index (κ1) is 14.5. The Hall–Kier alpha value is -0.420. The second-order valence-corrected chi connectivity index (χ2v) is 7.72. The van der Waals surface area contributed by atoms with Gasteiger partial charge >= 0.3 is 0 Å². The molecule has 0 aromatic carbocycles. The molecule has 0 amide bonds. The van der Waals surface area contributed by atoms with Crippen LogP contribution in [0.3, 0.4) is 0 Å². The predicted molar refractivity (Wildman–Crippen MR) is 86.5 cm³/mol. The minimum Gasteiger partial charge on any atom is -0.316 e. The number of hydrogen-bond donors (Lipinski definition) is 1. The molecule has 1 unspecified atom stereocenters. The largest absolute Gasteiger partial charge is 0.316 e. The van der Waals surface area contributed by atoms with Gasteiger partial charge in [-0.15, -0.1) is 11.3 Å². The Morgan fingerprint density at radius 1 is 1.25 bits per heavy atom. The van der Waals surface area contributed by atoms with Gasteiger partial charge in [-0.2, -0.15) is 0 Å². The average Bonchev–Trinajstić information content (AvgIpc) is 3.10. The van der Waals surface area contributed by atoms with Crippen LogP contribution in [0.4, 0.5) is 0 Å². The average molecular weight is 293 g/mol. The molecule has 3 nitrogen and oxygen atoms in total. The van der Waals surface area contributed by atoms with E-state index in [1.54, 1.807) is 0 Å². The summed E-state index contributed by atoms with van der Waals surface area (Å²) in [5.41, 5.74) is 0.513. The van der Waals surface area contributed by atoms with Crippen LogP contribution >= 0.6 is 11.3 Å². The van der Waals surface area contributed by atoms with Gasteiger partial charge in [0.2, 0.25) is 0 Å². The van der Waals surface area contributed by atoms with Crippen LogP contribution in [0.15, 0.2) is 17.5 Å². The lowest BCUT2D eigenvalue weighted by Crippen LogP contribution is -2.50. The summed E-state index contributed by atoms with van der Waals surface area (Å²) in [5, 5.41) is 5.70. The van der Waals surface area contributed by atoms with Crippen molar-refractivity contribution in [3.8, 4) is 0 Å². The first-order valence-electron chi connectivity index (χ1n) is 7.91. The molecule has 0 radical (unpaired) electrons. The van der Waals surface area contributed by atoms with Crippen molar-refractivity contribution in [1.82, 2.24) is 15.1 Å². The van der Waals surface area contributed by atoms with Crippen molar-refractivity contribution in [2.45, 2.75) is 19.8 Å². The topological polar surface area (TPSA) is 18.5 Å². The summed E-state index contributed by atoms with van der Waals surface area (Å²) >= 11 is 1.89. The zero-order chi connectivity index (χ0) is 13.8. The molecular weight excluding hydrogens is 266 g/mol. The number of rotatable bonds is 5. The van der Waals surface area contributed by atoms with E-state index < -0.39 is 0 Å². The monoisotopic (exact) mass is 293 g/mol. The third-order valence-electron chi connectivity index (χ3n) is 4.78. The summed E-state index contributed by atoms with van der Waals surface area (Å²) in [6.45, 7) is 12.3. The quantitative estimate of drug-likeness (QED) is 0.895. The SMILES string of the molecule is CC1(CN2CCN(CCc3cccs3)CC2)CCNC1. The van der Waals surface area contributed by atoms with E-state index in [0.29, 0.717) is 5.41 Å². The number of piperazine rings is 1. The molecule has 2 saturated heterocycles. The van der Waals surface area contributed by atoms with Crippen molar-refractivity contribution in [1.29, 1.82) is 0 Å². The number of thiophene rings is 1. The van der Waals surface area contributed by atoms with E-state index in [1.165, 1.54) is 70.1 Å². The standard InChI is InChI=1S/C16H27N3S/c1-16(5-6-17-13-16)14-19-10-8-18(9-11-19)7-4-15-3-2-12-20-15/h2-3,12,17H,4-11,13-14H2,1H3. The van der Waals surface area contributed by atoms with E-state index in [1.807, 2.05) is 11.3 Å². The van der Waals surface area contributed by atoms with Gasteiger partial charge in [-0.3, -0.25) is 0 Å². The Morgan fingerprint density at radius 2 is 2.05 bits per heavy atom. The normalized spacial score (nSPS) is 29.1. The summed E-state index contributed by atoms with van der Waals surface area (Å²) in [4.78, 5) is 6.83. The van der Waals surface area contributed by atoms with Crippen molar-refractivity contribution < 1.29 is 0 Å². The van der Waals surface area contributed by atoms with E-state index in [-0.39, 0.29) is 0 Å². The van der Waals surface area contributed by atoms with Crippen LogP contribution in [-0.2, 0) is 6.42 Å². The molecule has 3 heterocycles. The number of nitrogens with one attached hydrogen (secondary N) is 1. The minimum atomic E-state index is 0.513. The van der Waals surface area contributed by atoms with E-state index >= 15 is 0 Å². The van der Waals surface area contributed by atoms with Gasteiger partial charge in [0.15, 0.2) is 0 Å². The molecule has 20 heavy (non-hydrogen) atoms. The van der Waals surface area contributed by atoms with Crippen LogP contribution in [-0.4, -0.2) is 62.2 Å².